The quantitative estimate of drug-likeness (QED) is 0.0400. The molecular formula is C60H62ClNa2O14-. The average molecular weight is 1090 g/mol. The molecule has 2 saturated carbocycles. The number of cyclic esters (lactones) is 2. The summed E-state index contributed by atoms with van der Waals surface area (Å²) in [5.74, 6) is 1.15. The number of rotatable bonds is 6. The fourth-order valence-corrected chi connectivity index (χ4v) is 15.3. The largest absolute Gasteiger partial charge is 1.00 e. The zero-order valence-corrected chi connectivity index (χ0v) is 48.8. The average Bonchev–Trinajstić information content (AvgIpc) is 4.27. The van der Waals surface area contributed by atoms with Gasteiger partial charge in [0, 0.05) is 23.7 Å². The number of carbonyl (C=O) groups excluding carboxylic acids is 6. The predicted molar refractivity (Wildman–Crippen MR) is 269 cm³/mol. The van der Waals surface area contributed by atoms with Crippen LogP contribution in [0.2, 0.25) is 0 Å². The molecule has 5 saturated heterocycles. The fourth-order valence-electron chi connectivity index (χ4n) is 14.8. The van der Waals surface area contributed by atoms with Gasteiger partial charge in [0.15, 0.2) is 11.5 Å². The van der Waals surface area contributed by atoms with Crippen molar-refractivity contribution in [3.63, 3.8) is 0 Å². The van der Waals surface area contributed by atoms with Gasteiger partial charge < -0.3 is 44.9 Å². The first-order valence-corrected chi connectivity index (χ1v) is 26.6. The first-order valence-electron chi connectivity index (χ1n) is 26.2. The number of allylic oxidation sites excluding steroid dienone is 4. The third kappa shape index (κ3) is 9.82. The number of hydrogen-bond acceptors (Lipinski definition) is 14. The number of hydrogen-bond donors (Lipinski definition) is 0. The van der Waals surface area contributed by atoms with Crippen LogP contribution < -0.4 is 59.1 Å². The molecule has 15 rings (SSSR count). The molecular weight excluding hydrogens is 1030 g/mol. The van der Waals surface area contributed by atoms with E-state index in [0.29, 0.717) is 54.3 Å². The van der Waals surface area contributed by atoms with Crippen LogP contribution in [-0.2, 0) is 81.2 Å². The molecule has 0 aromatic heterocycles. The number of fused-ring (bicyclic) bond motifs is 19. The van der Waals surface area contributed by atoms with Gasteiger partial charge in [-0.25, -0.2) is 4.79 Å². The van der Waals surface area contributed by atoms with Crippen LogP contribution in [0.4, 0.5) is 0 Å². The number of halogens is 1. The molecule has 14 nitrogen and oxygen atoms in total. The molecule has 0 amide bonds. The van der Waals surface area contributed by atoms with Crippen molar-refractivity contribution in [1.29, 1.82) is 0 Å². The van der Waals surface area contributed by atoms with E-state index in [9.17, 15) is 28.8 Å². The second-order valence-corrected chi connectivity index (χ2v) is 21.7. The summed E-state index contributed by atoms with van der Waals surface area (Å²) in [4.78, 5) is 68.5. The second-order valence-electron chi connectivity index (χ2n) is 21.3. The Morgan fingerprint density at radius 1 is 0.636 bits per heavy atom. The van der Waals surface area contributed by atoms with Crippen LogP contribution in [0.5, 0.6) is 0 Å². The molecule has 0 spiro atoms. The molecule has 12 aliphatic rings. The van der Waals surface area contributed by atoms with E-state index >= 15 is 0 Å². The number of carbonyl (C=O) groups is 6. The molecule has 1 N–H and O–H groups in total. The Bertz CT molecular complexity index is 2910. The summed E-state index contributed by atoms with van der Waals surface area (Å²) in [7, 11) is 0. The van der Waals surface area contributed by atoms with Crippen molar-refractivity contribution in [2.45, 2.75) is 102 Å². The van der Waals surface area contributed by atoms with Gasteiger partial charge in [0.25, 0.3) is 6.47 Å². The molecule has 5 heterocycles. The van der Waals surface area contributed by atoms with Crippen LogP contribution in [0.3, 0.4) is 0 Å². The van der Waals surface area contributed by atoms with Gasteiger partial charge in [-0.1, -0.05) is 123 Å². The van der Waals surface area contributed by atoms with E-state index in [-0.39, 0.29) is 149 Å². The van der Waals surface area contributed by atoms with Gasteiger partial charge in [-0.2, -0.15) is 0 Å². The van der Waals surface area contributed by atoms with Gasteiger partial charge in [-0.3, -0.25) is 25.8 Å². The van der Waals surface area contributed by atoms with Crippen LogP contribution in [0.25, 0.3) is 0 Å². The van der Waals surface area contributed by atoms with E-state index in [1.54, 1.807) is 6.92 Å². The molecule has 0 radical (unpaired) electrons. The molecule has 16 atom stereocenters. The maximum absolute atomic E-state index is 12.8. The molecule has 4 bridgehead atoms. The number of benzene rings is 3. The van der Waals surface area contributed by atoms with Crippen molar-refractivity contribution in [3.05, 3.63) is 154 Å². The number of esters is 5. The van der Waals surface area contributed by atoms with Gasteiger partial charge in [-0.05, 0) is 109 Å². The Morgan fingerprint density at radius 2 is 1.14 bits per heavy atom. The summed E-state index contributed by atoms with van der Waals surface area (Å²) in [5, 5.41) is 0. The normalized spacial score (nSPS) is 36.1. The van der Waals surface area contributed by atoms with E-state index in [1.807, 2.05) is 48.5 Å². The Labute approximate surface area is 499 Å². The van der Waals surface area contributed by atoms with Crippen molar-refractivity contribution >= 4 is 47.9 Å². The van der Waals surface area contributed by atoms with Crippen LogP contribution in [0, 0.1) is 70.7 Å². The summed E-state index contributed by atoms with van der Waals surface area (Å²) in [5.41, 5.74) is 7.01. The van der Waals surface area contributed by atoms with Crippen LogP contribution in [0.15, 0.2) is 115 Å². The van der Waals surface area contributed by atoms with Crippen molar-refractivity contribution in [3.8, 4) is 0 Å². The minimum Gasteiger partial charge on any atom is -1.00 e. The van der Waals surface area contributed by atoms with E-state index in [1.165, 1.54) is 28.5 Å². The molecule has 3 aromatic rings. The smallest absolute Gasteiger partial charge is 1.00 e. The van der Waals surface area contributed by atoms with E-state index in [0.717, 1.165) is 56.1 Å². The Kier molecular flexibility index (Phi) is 18.0. The van der Waals surface area contributed by atoms with Gasteiger partial charge in [-0.15, -0.1) is 5.57 Å². The zero-order valence-electron chi connectivity index (χ0n) is 45.0. The summed E-state index contributed by atoms with van der Waals surface area (Å²) < 4.78 is 37.1. The van der Waals surface area contributed by atoms with Crippen molar-refractivity contribution < 1.29 is 128 Å². The maximum atomic E-state index is 12.8. The minimum absolute atomic E-state index is 0. The molecule has 5 aliphatic heterocycles. The van der Waals surface area contributed by atoms with Crippen LogP contribution in [0.1, 0.15) is 106 Å². The summed E-state index contributed by atoms with van der Waals surface area (Å²) in [6.45, 7) is 12.5. The Hall–Kier alpha value is -4.51. The van der Waals surface area contributed by atoms with E-state index in [2.05, 4.69) is 67.2 Å². The number of alkyl halides is 1. The topological polar surface area (TPSA) is 197 Å². The molecule has 17 heteroatoms. The molecule has 396 valence electrons. The predicted octanol–water partition coefficient (Wildman–Crippen LogP) is 3.57. The zero-order chi connectivity index (χ0) is 51.6. The first-order chi connectivity index (χ1) is 35.9. The molecule has 9 unspecified atom stereocenters. The Balaban J connectivity index is 0.000000152. The van der Waals surface area contributed by atoms with Crippen molar-refractivity contribution in [2.75, 3.05) is 6.61 Å². The summed E-state index contributed by atoms with van der Waals surface area (Å²) in [6, 6.07) is 24.4. The van der Waals surface area contributed by atoms with Gasteiger partial charge in [0.1, 0.15) is 18.3 Å². The van der Waals surface area contributed by atoms with Gasteiger partial charge in [0.05, 0.1) is 41.6 Å². The van der Waals surface area contributed by atoms with Crippen molar-refractivity contribution in [2.24, 2.45) is 64.1 Å². The van der Waals surface area contributed by atoms with E-state index in [4.69, 9.17) is 46.6 Å². The van der Waals surface area contributed by atoms with Crippen molar-refractivity contribution in [1.82, 2.24) is 0 Å². The summed E-state index contributed by atoms with van der Waals surface area (Å²) >= 11 is 6.09. The fraction of sp³-hybridized carbons (Fsp3) is 0.467. The van der Waals surface area contributed by atoms with E-state index < -0.39 is 17.3 Å². The van der Waals surface area contributed by atoms with Crippen LogP contribution >= 0.6 is 11.6 Å². The minimum atomic E-state index is -0.629. The molecule has 7 aliphatic carbocycles. The number of ether oxygens (including phenoxy) is 7. The third-order valence-electron chi connectivity index (χ3n) is 18.2. The first kappa shape index (κ1) is 58.6. The third-order valence-corrected chi connectivity index (χ3v) is 18.6. The molecule has 77 heavy (non-hydrogen) atoms. The molecule has 3 aromatic carbocycles. The monoisotopic (exact) mass is 1090 g/mol. The maximum Gasteiger partial charge on any atom is 1.00 e. The SMILES string of the molecule is CCOC=O.CC[C@@]12C(=O)OC(O/C=C3/C(=O)OC4c5ccccc5CC34)C1[C@@H]1C=C[C@H]2C1.CC[C@@]12C(=O)O[C@@H](Cl)[C@H]1[C@H]1C=CC2C1.O=C1CC2Cc3ccccc3C2O1.[CH-]=C1C(=O)OC2c3ccccc3CC12.[H-].[Na+].[Na+].[OH-]. The van der Waals surface area contributed by atoms with Gasteiger partial charge >= 0.3 is 83.0 Å². The molecule has 7 fully saturated rings. The van der Waals surface area contributed by atoms with Gasteiger partial charge in [0.2, 0.25) is 6.29 Å². The second kappa shape index (κ2) is 23.7. The van der Waals surface area contributed by atoms with Crippen LogP contribution in [-0.4, -0.2) is 60.3 Å². The Morgan fingerprint density at radius 3 is 1.70 bits per heavy atom. The standard InChI is InChI=1S/C23H22O5.C12H9O2.C11H13ClO2.C11H10O2.C3H6O2.2Na.H2O.H/c1-2-23-14-8-7-13(9-14)18(23)21(28-22(23)25)26-11-17-16-10-12-5-3-4-6-15(12)19(16)27-20(17)24;1-7-10-6-8-4-2-3-5-9(8)11(10)14-12(7)13;1-2-11-7-4-3-6(5-7)8(11)9(12)14-10(11)13;12-10-6-8-5-7-3-1-2-4-9(7)11(8)13-10;1-2-5-3-4;;;;/h3-8,11,13-14,16,18-19,21H,2,9-10H2,1H3;1-5,10-11H,6H2;3-4,6-9H,2,5H2,1H3;1-4,8,11H,5-6H2;3H,2H2,1H3;;;1H2;/q;-1;;;;2*+1;;-1/p-1/b17-11+;;;;;;;;/t13-,14+,16?,18?,19?,21?,23+;;6-,7?,8+,9+,11-;;;;;;/m1.0....../s1. The summed E-state index contributed by atoms with van der Waals surface area (Å²) in [6.07, 6.45) is 16.2.